The van der Waals surface area contributed by atoms with Gasteiger partial charge in [0.25, 0.3) is 0 Å². The molecule has 110 valence electrons. The van der Waals surface area contributed by atoms with Crippen molar-refractivity contribution in [3.8, 4) is 0 Å². The van der Waals surface area contributed by atoms with Gasteiger partial charge in [0.2, 0.25) is 0 Å². The first-order valence-electron chi connectivity index (χ1n) is 8.55. The summed E-state index contributed by atoms with van der Waals surface area (Å²) in [4.78, 5) is 2.79. The molecule has 2 fully saturated rings. The van der Waals surface area contributed by atoms with Crippen LogP contribution >= 0.6 is 0 Å². The minimum atomic E-state index is 0.802. The molecule has 1 saturated carbocycles. The molecule has 1 aliphatic heterocycles. The van der Waals surface area contributed by atoms with Crippen molar-refractivity contribution in [3.63, 3.8) is 0 Å². The summed E-state index contributed by atoms with van der Waals surface area (Å²) in [6.07, 6.45) is 9.93. The largest absolute Gasteiger partial charge is 0.300 e. The van der Waals surface area contributed by atoms with Crippen LogP contribution in [0.25, 0.3) is 0 Å². The minimum Gasteiger partial charge on any atom is -0.300 e. The fraction of sp³-hybridized carbons (Fsp3) is 0.684. The molecule has 0 bridgehead atoms. The smallest absolute Gasteiger partial charge is 0.0101 e. The summed E-state index contributed by atoms with van der Waals surface area (Å²) in [6.45, 7) is 7.20. The molecule has 1 nitrogen and oxygen atoms in total. The number of benzene rings is 1. The van der Waals surface area contributed by atoms with Crippen molar-refractivity contribution in [2.45, 2.75) is 70.8 Å². The van der Waals surface area contributed by atoms with Crippen molar-refractivity contribution in [2.24, 2.45) is 0 Å². The topological polar surface area (TPSA) is 3.24 Å². The number of rotatable bonds is 2. The maximum Gasteiger partial charge on any atom is 0.0101 e. The minimum absolute atomic E-state index is 0.802. The Morgan fingerprint density at radius 1 is 0.950 bits per heavy atom. The van der Waals surface area contributed by atoms with Crippen molar-refractivity contribution in [1.82, 2.24) is 4.90 Å². The molecule has 1 heteroatoms. The zero-order valence-corrected chi connectivity index (χ0v) is 13.2. The molecule has 2 unspecified atom stereocenters. The third-order valence-electron chi connectivity index (χ3n) is 5.42. The average molecular weight is 271 g/mol. The summed E-state index contributed by atoms with van der Waals surface area (Å²) in [7, 11) is 0. The molecule has 0 N–H and O–H groups in total. The van der Waals surface area contributed by atoms with E-state index in [0.717, 1.165) is 12.0 Å². The number of likely N-dealkylation sites (tertiary alicyclic amines) is 1. The lowest BCUT2D eigenvalue weighted by Crippen LogP contribution is -2.41. The summed E-state index contributed by atoms with van der Waals surface area (Å²) in [5, 5.41) is 0. The van der Waals surface area contributed by atoms with E-state index in [9.17, 15) is 0 Å². The van der Waals surface area contributed by atoms with Gasteiger partial charge in [-0.2, -0.15) is 0 Å². The van der Waals surface area contributed by atoms with Crippen molar-refractivity contribution < 1.29 is 0 Å². The van der Waals surface area contributed by atoms with Gasteiger partial charge in [-0.3, -0.25) is 0 Å². The molecule has 2 atom stereocenters. The van der Waals surface area contributed by atoms with Crippen LogP contribution in [0.15, 0.2) is 18.2 Å². The Morgan fingerprint density at radius 3 is 2.50 bits per heavy atom. The maximum absolute atomic E-state index is 2.79. The molecule has 2 aliphatic rings. The number of hydrogen-bond donors (Lipinski definition) is 0. The Morgan fingerprint density at radius 2 is 1.75 bits per heavy atom. The number of nitrogens with zero attached hydrogens (tertiary/aromatic N) is 1. The van der Waals surface area contributed by atoms with E-state index in [4.69, 9.17) is 0 Å². The van der Waals surface area contributed by atoms with Crippen LogP contribution in [0, 0.1) is 13.8 Å². The van der Waals surface area contributed by atoms with E-state index in [1.165, 1.54) is 69.2 Å². The second-order valence-corrected chi connectivity index (χ2v) is 6.97. The summed E-state index contributed by atoms with van der Waals surface area (Å²) in [5.41, 5.74) is 4.53. The first-order valence-corrected chi connectivity index (χ1v) is 8.55. The Labute approximate surface area is 124 Å². The third-order valence-corrected chi connectivity index (χ3v) is 5.42. The number of hydrogen-bond acceptors (Lipinski definition) is 1. The Kier molecular flexibility index (Phi) is 4.45. The highest BCUT2D eigenvalue weighted by Crippen LogP contribution is 2.37. The van der Waals surface area contributed by atoms with Crippen LogP contribution in [-0.2, 0) is 0 Å². The fourth-order valence-electron chi connectivity index (χ4n) is 4.35. The zero-order chi connectivity index (χ0) is 13.9. The maximum atomic E-state index is 2.79. The van der Waals surface area contributed by atoms with Crippen LogP contribution in [0.3, 0.4) is 0 Å². The van der Waals surface area contributed by atoms with Crippen LogP contribution in [0.4, 0.5) is 0 Å². The molecular formula is C19H29N. The van der Waals surface area contributed by atoms with Gasteiger partial charge in [0, 0.05) is 6.04 Å². The predicted octanol–water partition coefficient (Wildman–Crippen LogP) is 4.82. The molecule has 1 aromatic rings. The lowest BCUT2D eigenvalue weighted by Gasteiger charge is -2.40. The molecule has 20 heavy (non-hydrogen) atoms. The number of piperidine rings is 1. The van der Waals surface area contributed by atoms with Gasteiger partial charge in [0.15, 0.2) is 0 Å². The molecule has 0 aromatic heterocycles. The van der Waals surface area contributed by atoms with Gasteiger partial charge in [-0.1, -0.05) is 36.6 Å². The van der Waals surface area contributed by atoms with Gasteiger partial charge in [0.1, 0.15) is 0 Å². The molecule has 1 heterocycles. The summed E-state index contributed by atoms with van der Waals surface area (Å²) in [6, 6.07) is 7.91. The van der Waals surface area contributed by atoms with E-state index in [-0.39, 0.29) is 0 Å². The summed E-state index contributed by atoms with van der Waals surface area (Å²) in [5.74, 6) is 0.802. The van der Waals surface area contributed by atoms with Crippen molar-refractivity contribution in [3.05, 3.63) is 34.9 Å². The van der Waals surface area contributed by atoms with Gasteiger partial charge in [-0.25, -0.2) is 0 Å². The Bertz CT molecular complexity index is 445. The Balaban J connectivity index is 1.71. The summed E-state index contributed by atoms with van der Waals surface area (Å²) >= 11 is 0. The molecular weight excluding hydrogens is 242 g/mol. The fourth-order valence-corrected chi connectivity index (χ4v) is 4.35. The van der Waals surface area contributed by atoms with Crippen molar-refractivity contribution >= 4 is 0 Å². The van der Waals surface area contributed by atoms with Crippen LogP contribution in [0.5, 0.6) is 0 Å². The van der Waals surface area contributed by atoms with Gasteiger partial charge in [-0.05, 0) is 76.1 Å². The van der Waals surface area contributed by atoms with Crippen LogP contribution in [0.2, 0.25) is 0 Å². The van der Waals surface area contributed by atoms with E-state index in [0.29, 0.717) is 0 Å². The predicted molar refractivity (Wildman–Crippen MR) is 86.3 cm³/mol. The van der Waals surface area contributed by atoms with E-state index in [1.807, 2.05) is 0 Å². The normalized spacial score (nSPS) is 28.5. The molecule has 0 radical (unpaired) electrons. The molecule has 1 aromatic carbocycles. The molecule has 0 spiro atoms. The van der Waals surface area contributed by atoms with Crippen LogP contribution in [-0.4, -0.2) is 24.0 Å². The monoisotopic (exact) mass is 271 g/mol. The second-order valence-electron chi connectivity index (χ2n) is 6.97. The summed E-state index contributed by atoms with van der Waals surface area (Å²) < 4.78 is 0. The first-order chi connectivity index (χ1) is 9.74. The van der Waals surface area contributed by atoms with Crippen molar-refractivity contribution in [1.29, 1.82) is 0 Å². The van der Waals surface area contributed by atoms with Gasteiger partial charge >= 0.3 is 0 Å². The highest BCUT2D eigenvalue weighted by atomic mass is 15.2. The van der Waals surface area contributed by atoms with Gasteiger partial charge in [-0.15, -0.1) is 0 Å². The molecule has 3 rings (SSSR count). The number of aryl methyl sites for hydroxylation is 2. The van der Waals surface area contributed by atoms with Crippen molar-refractivity contribution in [2.75, 3.05) is 13.1 Å². The first kappa shape index (κ1) is 14.1. The SMILES string of the molecule is Cc1ccc(C2CCCC(N3CCCCC3)C2)c(C)c1. The highest BCUT2D eigenvalue weighted by Gasteiger charge is 2.28. The standard InChI is InChI=1S/C19H29N/c1-15-9-10-19(16(2)13-15)17-7-6-8-18(14-17)20-11-4-3-5-12-20/h9-10,13,17-18H,3-8,11-12,14H2,1-2H3. The highest BCUT2D eigenvalue weighted by molar-refractivity contribution is 5.33. The van der Waals surface area contributed by atoms with E-state index in [2.05, 4.69) is 36.9 Å². The lowest BCUT2D eigenvalue weighted by molar-refractivity contribution is 0.123. The van der Waals surface area contributed by atoms with E-state index >= 15 is 0 Å². The quantitative estimate of drug-likeness (QED) is 0.745. The average Bonchev–Trinajstić information content (AvgIpc) is 2.48. The Hall–Kier alpha value is -0.820. The molecule has 1 aliphatic carbocycles. The van der Waals surface area contributed by atoms with E-state index in [1.54, 1.807) is 5.56 Å². The van der Waals surface area contributed by atoms with Crippen LogP contribution < -0.4 is 0 Å². The third kappa shape index (κ3) is 3.09. The van der Waals surface area contributed by atoms with E-state index < -0.39 is 0 Å². The second kappa shape index (κ2) is 6.30. The lowest BCUT2D eigenvalue weighted by atomic mass is 9.79. The van der Waals surface area contributed by atoms with Gasteiger partial charge in [0.05, 0.1) is 0 Å². The molecule has 0 amide bonds. The zero-order valence-electron chi connectivity index (χ0n) is 13.2. The van der Waals surface area contributed by atoms with Gasteiger partial charge < -0.3 is 4.90 Å². The molecule has 1 saturated heterocycles. The van der Waals surface area contributed by atoms with Crippen LogP contribution in [0.1, 0.15) is 67.6 Å².